The smallest absolute Gasteiger partial charge is 0.228 e. The number of aromatic nitrogens is 4. The Morgan fingerprint density at radius 2 is 1.94 bits per heavy atom. The normalized spacial score (nSPS) is 26.1. The highest BCUT2D eigenvalue weighted by atomic mass is 32.2. The fourth-order valence-electron chi connectivity index (χ4n) is 5.03. The lowest BCUT2D eigenvalue weighted by atomic mass is 9.99. The van der Waals surface area contributed by atoms with Crippen LogP contribution >= 0.6 is 0 Å². The molecule has 2 N–H and O–H groups in total. The van der Waals surface area contributed by atoms with Gasteiger partial charge in [0, 0.05) is 49.7 Å². The Labute approximate surface area is 194 Å². The molecule has 0 spiro atoms. The van der Waals surface area contributed by atoms with Gasteiger partial charge in [-0.05, 0) is 26.7 Å². The highest BCUT2D eigenvalue weighted by Crippen LogP contribution is 2.42. The van der Waals surface area contributed by atoms with E-state index in [1.807, 2.05) is 0 Å². The lowest BCUT2D eigenvalue weighted by molar-refractivity contribution is 0.0981. The molecule has 33 heavy (non-hydrogen) atoms. The third-order valence-electron chi connectivity index (χ3n) is 6.92. The Kier molecular flexibility index (Phi) is 5.41. The molecule has 2 saturated heterocycles. The molecule has 2 atom stereocenters. The second kappa shape index (κ2) is 8.03. The van der Waals surface area contributed by atoms with Crippen LogP contribution in [-0.2, 0) is 21.2 Å². The number of sulfonamides is 1. The van der Waals surface area contributed by atoms with Crippen molar-refractivity contribution in [3.8, 4) is 11.3 Å². The molecule has 2 fully saturated rings. The summed E-state index contributed by atoms with van der Waals surface area (Å²) in [5.74, 6) is 1.72. The Morgan fingerprint density at radius 1 is 1.18 bits per heavy atom. The summed E-state index contributed by atoms with van der Waals surface area (Å²) < 4.78 is 31.5. The van der Waals surface area contributed by atoms with Crippen molar-refractivity contribution in [1.29, 1.82) is 0 Å². The van der Waals surface area contributed by atoms with E-state index in [2.05, 4.69) is 33.6 Å². The summed E-state index contributed by atoms with van der Waals surface area (Å²) in [5, 5.41) is 0. The molecule has 5 heterocycles. The van der Waals surface area contributed by atoms with Crippen LogP contribution in [0.25, 0.3) is 11.3 Å². The molecular formula is C21H30N8O3S. The van der Waals surface area contributed by atoms with E-state index in [1.54, 1.807) is 16.7 Å². The zero-order chi connectivity index (χ0) is 23.4. The van der Waals surface area contributed by atoms with Gasteiger partial charge >= 0.3 is 0 Å². The van der Waals surface area contributed by atoms with Crippen molar-refractivity contribution in [3.63, 3.8) is 0 Å². The van der Waals surface area contributed by atoms with Gasteiger partial charge in [-0.25, -0.2) is 23.4 Å². The third-order valence-corrected chi connectivity index (χ3v) is 8.17. The van der Waals surface area contributed by atoms with Gasteiger partial charge in [-0.1, -0.05) is 0 Å². The fourth-order valence-corrected chi connectivity index (χ4v) is 5.96. The van der Waals surface area contributed by atoms with Gasteiger partial charge < -0.3 is 20.3 Å². The minimum atomic E-state index is -3.24. The summed E-state index contributed by atoms with van der Waals surface area (Å²) in [6.45, 7) is 7.87. The molecule has 2 aromatic rings. The maximum absolute atomic E-state index is 12.2. The Morgan fingerprint density at radius 3 is 2.61 bits per heavy atom. The maximum Gasteiger partial charge on any atom is 0.228 e. The average molecular weight is 475 g/mol. The van der Waals surface area contributed by atoms with E-state index in [9.17, 15) is 8.42 Å². The van der Waals surface area contributed by atoms with Crippen LogP contribution in [-0.4, -0.2) is 89.9 Å². The van der Waals surface area contributed by atoms with E-state index in [1.165, 1.54) is 6.26 Å². The lowest BCUT2D eigenvalue weighted by Gasteiger charge is -2.38. The number of hydrogen-bond acceptors (Lipinski definition) is 10. The standard InChI is InChI=1S/C21H30N8O3S/c1-14-12-32-9-8-28(14)20-25-17(15-10-23-19(22)24-11-15)16-4-6-29(18(16)26-20)21(2)5-7-27(13-21)33(3,30)31/h10-11,14H,4-9,12-13H2,1-3H3,(H2,22,23,24)/t14-,21+/m0/s1. The van der Waals surface area contributed by atoms with Crippen molar-refractivity contribution in [2.45, 2.75) is 38.3 Å². The number of rotatable bonds is 4. The first-order valence-corrected chi connectivity index (χ1v) is 13.1. The van der Waals surface area contributed by atoms with Crippen LogP contribution in [0, 0.1) is 0 Å². The first-order chi connectivity index (χ1) is 15.7. The van der Waals surface area contributed by atoms with Crippen LogP contribution in [0.3, 0.4) is 0 Å². The van der Waals surface area contributed by atoms with Crippen LogP contribution in [0.15, 0.2) is 12.4 Å². The van der Waals surface area contributed by atoms with E-state index >= 15 is 0 Å². The van der Waals surface area contributed by atoms with E-state index in [0.717, 1.165) is 42.0 Å². The molecule has 0 aliphatic carbocycles. The van der Waals surface area contributed by atoms with Crippen LogP contribution in [0.5, 0.6) is 0 Å². The van der Waals surface area contributed by atoms with Crippen molar-refractivity contribution in [2.24, 2.45) is 0 Å². The fraction of sp³-hybridized carbons (Fsp3) is 0.619. The number of morpholine rings is 1. The quantitative estimate of drug-likeness (QED) is 0.669. The molecule has 178 valence electrons. The molecule has 12 heteroatoms. The Balaban J connectivity index is 1.60. The molecular weight excluding hydrogens is 444 g/mol. The zero-order valence-corrected chi connectivity index (χ0v) is 20.0. The molecule has 0 bridgehead atoms. The van der Waals surface area contributed by atoms with E-state index < -0.39 is 10.0 Å². The SMILES string of the molecule is C[C@H]1COCCN1c1nc(-c2cnc(N)nc2)c2c(n1)N([C@]1(C)CCN(S(C)(=O)=O)C1)CC2. The molecule has 0 radical (unpaired) electrons. The monoisotopic (exact) mass is 474 g/mol. The maximum atomic E-state index is 12.2. The van der Waals surface area contributed by atoms with Gasteiger partial charge in [0.15, 0.2) is 0 Å². The molecule has 3 aliphatic rings. The van der Waals surface area contributed by atoms with Crippen molar-refractivity contribution < 1.29 is 13.2 Å². The number of fused-ring (bicyclic) bond motifs is 1. The van der Waals surface area contributed by atoms with E-state index in [-0.39, 0.29) is 17.5 Å². The first kappa shape index (κ1) is 22.2. The number of nitrogens with two attached hydrogens (primary N) is 1. The summed E-state index contributed by atoms with van der Waals surface area (Å²) in [6.07, 6.45) is 6.18. The largest absolute Gasteiger partial charge is 0.377 e. The highest BCUT2D eigenvalue weighted by molar-refractivity contribution is 7.88. The number of anilines is 3. The number of hydrogen-bond donors (Lipinski definition) is 1. The van der Waals surface area contributed by atoms with Gasteiger partial charge in [0.25, 0.3) is 0 Å². The molecule has 0 amide bonds. The van der Waals surface area contributed by atoms with Gasteiger partial charge in [-0.2, -0.15) is 9.29 Å². The van der Waals surface area contributed by atoms with Crippen molar-refractivity contribution >= 4 is 27.7 Å². The van der Waals surface area contributed by atoms with Crippen LogP contribution in [0.1, 0.15) is 25.8 Å². The Bertz CT molecular complexity index is 1160. The first-order valence-electron chi connectivity index (χ1n) is 11.2. The third kappa shape index (κ3) is 4.00. The minimum Gasteiger partial charge on any atom is -0.377 e. The number of ether oxygens (including phenoxy) is 1. The molecule has 0 unspecified atom stereocenters. The summed E-state index contributed by atoms with van der Waals surface area (Å²) >= 11 is 0. The van der Waals surface area contributed by atoms with Crippen LogP contribution in [0.4, 0.5) is 17.7 Å². The van der Waals surface area contributed by atoms with Crippen LogP contribution in [0.2, 0.25) is 0 Å². The molecule has 0 saturated carbocycles. The predicted octanol–water partition coefficient (Wildman–Crippen LogP) is 0.527. The lowest BCUT2D eigenvalue weighted by Crippen LogP contribution is -2.49. The summed E-state index contributed by atoms with van der Waals surface area (Å²) in [4.78, 5) is 22.8. The van der Waals surface area contributed by atoms with E-state index in [0.29, 0.717) is 38.8 Å². The van der Waals surface area contributed by atoms with Crippen molar-refractivity contribution in [3.05, 3.63) is 18.0 Å². The second-order valence-electron chi connectivity index (χ2n) is 9.37. The molecule has 2 aromatic heterocycles. The van der Waals surface area contributed by atoms with Crippen LogP contribution < -0.4 is 15.5 Å². The number of nitrogens with zero attached hydrogens (tertiary/aromatic N) is 7. The molecule has 0 aromatic carbocycles. The number of nitrogen functional groups attached to an aromatic ring is 1. The summed E-state index contributed by atoms with van der Waals surface area (Å²) in [5.41, 5.74) is 8.00. The average Bonchev–Trinajstić information content (AvgIpc) is 3.39. The second-order valence-corrected chi connectivity index (χ2v) is 11.3. The minimum absolute atomic E-state index is 0.143. The predicted molar refractivity (Wildman–Crippen MR) is 126 cm³/mol. The summed E-state index contributed by atoms with van der Waals surface area (Å²) in [6, 6.07) is 0.143. The topological polar surface area (TPSA) is 131 Å². The molecule has 3 aliphatic heterocycles. The van der Waals surface area contributed by atoms with Crippen molar-refractivity contribution in [1.82, 2.24) is 24.2 Å². The highest BCUT2D eigenvalue weighted by Gasteiger charge is 2.45. The van der Waals surface area contributed by atoms with Gasteiger partial charge in [0.1, 0.15) is 5.82 Å². The Hall–Kier alpha value is -2.57. The van der Waals surface area contributed by atoms with Gasteiger partial charge in [0.05, 0.1) is 36.7 Å². The van der Waals surface area contributed by atoms with Gasteiger partial charge in [-0.15, -0.1) is 0 Å². The van der Waals surface area contributed by atoms with Gasteiger partial charge in [-0.3, -0.25) is 0 Å². The molecule has 11 nitrogen and oxygen atoms in total. The van der Waals surface area contributed by atoms with Gasteiger partial charge in [0.2, 0.25) is 21.9 Å². The van der Waals surface area contributed by atoms with E-state index in [4.69, 9.17) is 20.4 Å². The summed E-state index contributed by atoms with van der Waals surface area (Å²) in [7, 11) is -3.24. The van der Waals surface area contributed by atoms with Crippen molar-refractivity contribution in [2.75, 3.05) is 61.2 Å². The molecule has 5 rings (SSSR count). The zero-order valence-electron chi connectivity index (χ0n) is 19.2.